The van der Waals surface area contributed by atoms with Crippen LogP contribution in [0.4, 0.5) is 5.69 Å². The number of anilines is 1. The molecular formula is C20H21N5O. The highest BCUT2D eigenvalue weighted by Gasteiger charge is 2.47. The van der Waals surface area contributed by atoms with Crippen LogP contribution in [0.15, 0.2) is 61.2 Å². The third-order valence-corrected chi connectivity index (χ3v) is 5.17. The molecule has 1 amide bonds. The average Bonchev–Trinajstić information content (AvgIpc) is 3.31. The number of likely N-dealkylation sites (N-methyl/N-ethyl adjacent to an activating group) is 1. The van der Waals surface area contributed by atoms with Gasteiger partial charge < -0.3 is 5.32 Å². The average molecular weight is 347 g/mol. The number of amides is 1. The SMILES string of the molecule is CN(C)[C@]1(C(=O)Nc2ccc(-n3cncn3)cc2)CCc2ccccc21. The molecule has 0 fully saturated rings. The normalized spacial score (nSPS) is 18.7. The topological polar surface area (TPSA) is 63.1 Å². The third-order valence-electron chi connectivity index (χ3n) is 5.17. The zero-order valence-electron chi connectivity index (χ0n) is 14.9. The van der Waals surface area contributed by atoms with Crippen LogP contribution in [0, 0.1) is 0 Å². The zero-order chi connectivity index (χ0) is 18.1. The number of aromatic nitrogens is 3. The van der Waals surface area contributed by atoms with Gasteiger partial charge in [-0.1, -0.05) is 24.3 Å². The number of nitrogens with zero attached hydrogens (tertiary/aromatic N) is 4. The minimum Gasteiger partial charge on any atom is -0.324 e. The number of fused-ring (bicyclic) bond motifs is 1. The molecule has 3 aromatic rings. The van der Waals surface area contributed by atoms with E-state index in [9.17, 15) is 4.79 Å². The van der Waals surface area contributed by atoms with Crippen molar-refractivity contribution in [2.75, 3.05) is 19.4 Å². The van der Waals surface area contributed by atoms with E-state index in [1.165, 1.54) is 11.9 Å². The molecule has 0 saturated carbocycles. The molecule has 1 atom stereocenters. The van der Waals surface area contributed by atoms with E-state index in [4.69, 9.17) is 0 Å². The molecule has 2 aromatic carbocycles. The molecule has 0 saturated heterocycles. The zero-order valence-corrected chi connectivity index (χ0v) is 14.9. The number of aryl methyl sites for hydroxylation is 1. The summed E-state index contributed by atoms with van der Waals surface area (Å²) in [7, 11) is 3.94. The van der Waals surface area contributed by atoms with Crippen molar-refractivity contribution in [1.82, 2.24) is 19.7 Å². The fourth-order valence-corrected chi connectivity index (χ4v) is 3.77. The van der Waals surface area contributed by atoms with Gasteiger partial charge in [-0.25, -0.2) is 9.67 Å². The van der Waals surface area contributed by atoms with Crippen LogP contribution in [-0.4, -0.2) is 39.7 Å². The fourth-order valence-electron chi connectivity index (χ4n) is 3.77. The highest BCUT2D eigenvalue weighted by molar-refractivity contribution is 5.99. The van der Waals surface area contributed by atoms with Gasteiger partial charge >= 0.3 is 0 Å². The van der Waals surface area contributed by atoms with E-state index in [1.807, 2.05) is 55.4 Å². The molecule has 0 spiro atoms. The van der Waals surface area contributed by atoms with Gasteiger partial charge in [0, 0.05) is 5.69 Å². The van der Waals surface area contributed by atoms with Gasteiger partial charge in [-0.3, -0.25) is 9.69 Å². The van der Waals surface area contributed by atoms with Crippen molar-refractivity contribution in [1.29, 1.82) is 0 Å². The Bertz CT molecular complexity index is 918. The maximum Gasteiger partial charge on any atom is 0.249 e. The lowest BCUT2D eigenvalue weighted by Crippen LogP contribution is -2.49. The summed E-state index contributed by atoms with van der Waals surface area (Å²) in [6.45, 7) is 0. The van der Waals surface area contributed by atoms with Crippen molar-refractivity contribution in [3.63, 3.8) is 0 Å². The summed E-state index contributed by atoms with van der Waals surface area (Å²) in [6.07, 6.45) is 4.83. The van der Waals surface area contributed by atoms with Crippen LogP contribution in [0.25, 0.3) is 5.69 Å². The Morgan fingerprint density at radius 2 is 1.92 bits per heavy atom. The molecular weight excluding hydrogens is 326 g/mol. The summed E-state index contributed by atoms with van der Waals surface area (Å²) >= 11 is 0. The number of carbonyl (C=O) groups excluding carboxylic acids is 1. The van der Waals surface area contributed by atoms with Crippen LogP contribution < -0.4 is 5.32 Å². The first-order valence-corrected chi connectivity index (χ1v) is 8.63. The maximum atomic E-state index is 13.3. The van der Waals surface area contributed by atoms with Gasteiger partial charge in [0.15, 0.2) is 0 Å². The Morgan fingerprint density at radius 1 is 1.15 bits per heavy atom. The molecule has 6 heteroatoms. The Hall–Kier alpha value is -2.99. The number of benzene rings is 2. The van der Waals surface area contributed by atoms with Crippen LogP contribution in [0.3, 0.4) is 0 Å². The summed E-state index contributed by atoms with van der Waals surface area (Å²) < 4.78 is 1.68. The molecule has 1 heterocycles. The van der Waals surface area contributed by atoms with E-state index in [1.54, 1.807) is 11.0 Å². The Morgan fingerprint density at radius 3 is 2.62 bits per heavy atom. The van der Waals surface area contributed by atoms with Gasteiger partial charge in [-0.2, -0.15) is 5.10 Å². The fraction of sp³-hybridized carbons (Fsp3) is 0.250. The smallest absolute Gasteiger partial charge is 0.249 e. The molecule has 0 unspecified atom stereocenters. The molecule has 132 valence electrons. The van der Waals surface area contributed by atoms with E-state index in [0.29, 0.717) is 0 Å². The summed E-state index contributed by atoms with van der Waals surface area (Å²) in [6, 6.07) is 15.8. The molecule has 0 aliphatic heterocycles. The lowest BCUT2D eigenvalue weighted by atomic mass is 9.89. The molecule has 6 nitrogen and oxygen atoms in total. The van der Waals surface area contributed by atoms with Crippen molar-refractivity contribution < 1.29 is 4.79 Å². The maximum absolute atomic E-state index is 13.3. The molecule has 1 N–H and O–H groups in total. The van der Waals surface area contributed by atoms with E-state index < -0.39 is 5.54 Å². The largest absolute Gasteiger partial charge is 0.324 e. The van der Waals surface area contributed by atoms with Gasteiger partial charge in [0.1, 0.15) is 18.2 Å². The standard InChI is InChI=1S/C20H21N5O/c1-24(2)20(12-11-15-5-3-4-6-18(15)20)19(26)23-16-7-9-17(10-8-16)25-14-21-13-22-25/h3-10,13-14H,11-12H2,1-2H3,(H,23,26)/t20-/m1/s1. The van der Waals surface area contributed by atoms with Gasteiger partial charge in [0.25, 0.3) is 0 Å². The second kappa shape index (κ2) is 6.38. The van der Waals surface area contributed by atoms with Crippen molar-refractivity contribution in [2.24, 2.45) is 0 Å². The van der Waals surface area contributed by atoms with Crippen LogP contribution in [0.5, 0.6) is 0 Å². The number of carbonyl (C=O) groups is 1. The summed E-state index contributed by atoms with van der Waals surface area (Å²) in [5, 5.41) is 7.20. The number of hydrogen-bond acceptors (Lipinski definition) is 4. The molecule has 1 aliphatic rings. The van der Waals surface area contributed by atoms with Gasteiger partial charge in [-0.05, 0) is 62.3 Å². The van der Waals surface area contributed by atoms with Crippen LogP contribution in [0.1, 0.15) is 17.5 Å². The summed E-state index contributed by atoms with van der Waals surface area (Å²) in [4.78, 5) is 19.2. The summed E-state index contributed by atoms with van der Waals surface area (Å²) in [5.41, 5.74) is 3.37. The molecule has 0 radical (unpaired) electrons. The molecule has 26 heavy (non-hydrogen) atoms. The van der Waals surface area contributed by atoms with Crippen LogP contribution in [0.2, 0.25) is 0 Å². The van der Waals surface area contributed by atoms with E-state index >= 15 is 0 Å². The lowest BCUT2D eigenvalue weighted by Gasteiger charge is -2.35. The van der Waals surface area contributed by atoms with Gasteiger partial charge in [-0.15, -0.1) is 0 Å². The van der Waals surface area contributed by atoms with Gasteiger partial charge in [0.05, 0.1) is 5.69 Å². The van der Waals surface area contributed by atoms with Crippen molar-refractivity contribution >= 4 is 11.6 Å². The summed E-state index contributed by atoms with van der Waals surface area (Å²) in [5.74, 6) is 0.000885. The van der Waals surface area contributed by atoms with Gasteiger partial charge in [0.2, 0.25) is 5.91 Å². The van der Waals surface area contributed by atoms with E-state index in [-0.39, 0.29) is 5.91 Å². The highest BCUT2D eigenvalue weighted by atomic mass is 16.2. The van der Waals surface area contributed by atoms with E-state index in [2.05, 4.69) is 27.5 Å². The first-order valence-electron chi connectivity index (χ1n) is 8.63. The molecule has 1 aliphatic carbocycles. The minimum atomic E-state index is -0.638. The quantitative estimate of drug-likeness (QED) is 0.788. The Kier molecular flexibility index (Phi) is 4.05. The first-order chi connectivity index (χ1) is 12.6. The number of rotatable bonds is 4. The number of nitrogens with one attached hydrogen (secondary N) is 1. The van der Waals surface area contributed by atoms with Crippen molar-refractivity contribution in [3.05, 3.63) is 72.3 Å². The minimum absolute atomic E-state index is 0.000885. The predicted molar refractivity (Wildman–Crippen MR) is 100 cm³/mol. The van der Waals surface area contributed by atoms with Crippen molar-refractivity contribution in [3.8, 4) is 5.69 Å². The van der Waals surface area contributed by atoms with Crippen LogP contribution >= 0.6 is 0 Å². The third kappa shape index (κ3) is 2.59. The van der Waals surface area contributed by atoms with Crippen molar-refractivity contribution in [2.45, 2.75) is 18.4 Å². The Balaban J connectivity index is 1.61. The lowest BCUT2D eigenvalue weighted by molar-refractivity contribution is -0.127. The molecule has 1 aromatic heterocycles. The second-order valence-electron chi connectivity index (χ2n) is 6.75. The molecule has 0 bridgehead atoms. The molecule has 4 rings (SSSR count). The highest BCUT2D eigenvalue weighted by Crippen LogP contribution is 2.41. The van der Waals surface area contributed by atoms with E-state index in [0.717, 1.165) is 29.8 Å². The Labute approximate surface area is 152 Å². The number of hydrogen-bond donors (Lipinski definition) is 1. The monoisotopic (exact) mass is 347 g/mol. The second-order valence-corrected chi connectivity index (χ2v) is 6.75. The predicted octanol–water partition coefficient (Wildman–Crippen LogP) is 2.61. The first kappa shape index (κ1) is 16.5. The van der Waals surface area contributed by atoms with Crippen LogP contribution in [-0.2, 0) is 16.8 Å².